The highest BCUT2D eigenvalue weighted by Crippen LogP contribution is 2.64. The molecular weight excluding hydrogens is 466 g/mol. The van der Waals surface area contributed by atoms with Gasteiger partial charge in [-0.05, 0) is 0 Å². The second-order valence-electron chi connectivity index (χ2n) is 4.52. The Balaban J connectivity index is 7.44. The molecule has 0 aromatic carbocycles. The van der Waals surface area contributed by atoms with Crippen molar-refractivity contribution < 1.29 is 83.8 Å². The molecule has 0 saturated heterocycles. The maximum Gasteiger partial charge on any atom is 0.457 e. The lowest BCUT2D eigenvalue weighted by Crippen LogP contribution is -2.78. The molecule has 0 atom stereocenters. The molecule has 0 amide bonds. The number of alkyl halides is 15. The van der Waals surface area contributed by atoms with E-state index in [9.17, 15) is 79.0 Å². The summed E-state index contributed by atoms with van der Waals surface area (Å²) in [6.45, 7) is 0. The summed E-state index contributed by atoms with van der Waals surface area (Å²) in [6, 6.07) is 0. The van der Waals surface area contributed by atoms with Crippen LogP contribution in [0, 0.1) is 0 Å². The topological polar surface area (TPSA) is 9.23 Å². The van der Waals surface area contributed by atoms with E-state index in [2.05, 4.69) is 0 Å². The smallest absolute Gasteiger partial charge is 0.285 e. The van der Waals surface area contributed by atoms with Gasteiger partial charge in [-0.2, -0.15) is 79.0 Å². The van der Waals surface area contributed by atoms with E-state index in [-0.39, 0.29) is 0 Å². The van der Waals surface area contributed by atoms with E-state index in [4.69, 9.17) is 0 Å². The van der Waals surface area contributed by atoms with E-state index in [0.29, 0.717) is 0 Å². The molecule has 0 aliphatic rings. The molecule has 0 heterocycles. The summed E-state index contributed by atoms with van der Waals surface area (Å²) in [7, 11) is 0. The molecule has 0 spiro atoms. The molecule has 0 saturated carbocycles. The molecule has 0 aliphatic carbocycles. The Morgan fingerprint density at radius 2 is 0.750 bits per heavy atom. The predicted molar refractivity (Wildman–Crippen MR) is 47.2 cm³/mol. The molecule has 0 fully saturated rings. The summed E-state index contributed by atoms with van der Waals surface area (Å²) in [6.07, 6.45) is -36.6. The molecule has 168 valence electrons. The first-order chi connectivity index (χ1) is 11.8. The summed E-state index contributed by atoms with van der Waals surface area (Å²) in [5.41, 5.74) is -8.63. The predicted octanol–water partition coefficient (Wildman–Crippen LogP) is 6.37. The van der Waals surface area contributed by atoms with Gasteiger partial charge in [0.2, 0.25) is 0 Å². The number of rotatable bonds is 5. The molecule has 0 N–H and O–H groups in total. The van der Waals surface area contributed by atoms with Crippen LogP contribution in [0.25, 0.3) is 0 Å². The van der Waals surface area contributed by atoms with Crippen molar-refractivity contribution in [1.82, 2.24) is 0 Å². The first-order valence-electron chi connectivity index (χ1n) is 5.56. The largest absolute Gasteiger partial charge is 0.457 e. The van der Waals surface area contributed by atoms with Crippen molar-refractivity contribution in [2.45, 2.75) is 42.1 Å². The molecule has 0 aliphatic heterocycles. The minimum Gasteiger partial charge on any atom is -0.285 e. The summed E-state index contributed by atoms with van der Waals surface area (Å²) in [5, 5.41) is 0. The Hall–Kier alpha value is -1.56. The SMILES string of the molecule is FC(F)=C(F)C(F)(F)OC(C(F)(F)F)(C(F)(F)C(F)(F)F)C(F)(F)C(F)(F)F. The van der Waals surface area contributed by atoms with Crippen LogP contribution in [-0.4, -0.2) is 42.1 Å². The van der Waals surface area contributed by atoms with Gasteiger partial charge in [-0.25, -0.2) is 0 Å². The van der Waals surface area contributed by atoms with Gasteiger partial charge < -0.3 is 0 Å². The van der Waals surface area contributed by atoms with E-state index in [1.807, 2.05) is 0 Å². The zero-order chi connectivity index (χ0) is 23.4. The first kappa shape index (κ1) is 26.4. The van der Waals surface area contributed by atoms with Crippen molar-refractivity contribution in [2.24, 2.45) is 0 Å². The highest BCUT2D eigenvalue weighted by Gasteiger charge is 2.95. The highest BCUT2D eigenvalue weighted by atomic mass is 19.4. The van der Waals surface area contributed by atoms with Crippen LogP contribution in [-0.2, 0) is 4.74 Å². The molecule has 28 heavy (non-hydrogen) atoms. The summed E-state index contributed by atoms with van der Waals surface area (Å²) < 4.78 is 227. The van der Waals surface area contributed by atoms with Crippen molar-refractivity contribution in [1.29, 1.82) is 0 Å². The molecule has 19 heteroatoms. The zero-order valence-electron chi connectivity index (χ0n) is 11.7. The quantitative estimate of drug-likeness (QED) is 0.428. The standard InChI is InChI=1S/C9F18O/c10-1(2(11)12)3(13,14)28-4(7(19,20)21,5(15,16)8(22,23)24)6(17,18)9(25,26)27. The van der Waals surface area contributed by atoms with E-state index in [1.54, 1.807) is 0 Å². The van der Waals surface area contributed by atoms with Crippen LogP contribution in [0.4, 0.5) is 79.0 Å². The fraction of sp³-hybridized carbons (Fsp3) is 0.778. The van der Waals surface area contributed by atoms with Gasteiger partial charge in [-0.1, -0.05) is 0 Å². The van der Waals surface area contributed by atoms with Crippen LogP contribution >= 0.6 is 0 Å². The van der Waals surface area contributed by atoms with Gasteiger partial charge in [-0.15, -0.1) is 0 Å². The Morgan fingerprint density at radius 3 is 0.929 bits per heavy atom. The second kappa shape index (κ2) is 6.75. The van der Waals surface area contributed by atoms with Crippen molar-refractivity contribution in [2.75, 3.05) is 0 Å². The Morgan fingerprint density at radius 1 is 0.464 bits per heavy atom. The zero-order valence-corrected chi connectivity index (χ0v) is 11.7. The van der Waals surface area contributed by atoms with Gasteiger partial charge in [-0.3, -0.25) is 4.74 Å². The van der Waals surface area contributed by atoms with Gasteiger partial charge in [0.25, 0.3) is 5.83 Å². The minimum absolute atomic E-state index is 1.28. The van der Waals surface area contributed by atoms with Crippen molar-refractivity contribution in [3.8, 4) is 0 Å². The maximum absolute atomic E-state index is 13.2. The van der Waals surface area contributed by atoms with Gasteiger partial charge in [0.1, 0.15) is 0 Å². The van der Waals surface area contributed by atoms with Gasteiger partial charge in [0.05, 0.1) is 0 Å². The van der Waals surface area contributed by atoms with Crippen LogP contribution < -0.4 is 0 Å². The Labute approximate surface area is 139 Å². The molecule has 1 nitrogen and oxygen atoms in total. The molecule has 0 aromatic rings. The average molecular weight is 466 g/mol. The Bertz CT molecular complexity index is 572. The minimum atomic E-state index is -8.63. The average Bonchev–Trinajstić information content (AvgIpc) is 2.39. The van der Waals surface area contributed by atoms with E-state index in [0.717, 1.165) is 0 Å². The van der Waals surface area contributed by atoms with Gasteiger partial charge in [0.15, 0.2) is 0 Å². The third kappa shape index (κ3) is 3.80. The number of hydrogen-bond donors (Lipinski definition) is 0. The maximum atomic E-state index is 13.2. The molecule has 0 aromatic heterocycles. The monoisotopic (exact) mass is 466 g/mol. The van der Waals surface area contributed by atoms with Crippen LogP contribution in [0.2, 0.25) is 0 Å². The summed E-state index contributed by atoms with van der Waals surface area (Å²) in [4.78, 5) is 0. The normalized spacial score (nSPS) is 15.6. The van der Waals surface area contributed by atoms with Crippen LogP contribution in [0.3, 0.4) is 0 Å². The lowest BCUT2D eigenvalue weighted by atomic mass is 9.85. The summed E-state index contributed by atoms with van der Waals surface area (Å²) >= 11 is 0. The molecule has 0 rings (SSSR count). The number of halogens is 18. The third-order valence-corrected chi connectivity index (χ3v) is 2.70. The lowest BCUT2D eigenvalue weighted by Gasteiger charge is -2.46. The fourth-order valence-electron chi connectivity index (χ4n) is 1.49. The van der Waals surface area contributed by atoms with Crippen LogP contribution in [0.1, 0.15) is 0 Å². The third-order valence-electron chi connectivity index (χ3n) is 2.70. The fourth-order valence-corrected chi connectivity index (χ4v) is 1.49. The molecular formula is C9F18O. The first-order valence-corrected chi connectivity index (χ1v) is 5.56. The molecule has 0 unspecified atom stereocenters. The van der Waals surface area contributed by atoms with Crippen molar-refractivity contribution >= 4 is 0 Å². The van der Waals surface area contributed by atoms with E-state index < -0.39 is 54.0 Å². The number of ether oxygens (including phenoxy) is 1. The van der Waals surface area contributed by atoms with Crippen LogP contribution in [0.15, 0.2) is 11.9 Å². The molecule has 0 bridgehead atoms. The Kier molecular flexibility index (Phi) is 6.38. The van der Waals surface area contributed by atoms with Crippen molar-refractivity contribution in [3.63, 3.8) is 0 Å². The van der Waals surface area contributed by atoms with Gasteiger partial charge >= 0.3 is 48.2 Å². The summed E-state index contributed by atoms with van der Waals surface area (Å²) in [5.74, 6) is -21.9. The lowest BCUT2D eigenvalue weighted by molar-refractivity contribution is -0.513. The number of hydrogen-bond acceptors (Lipinski definition) is 1. The van der Waals surface area contributed by atoms with Gasteiger partial charge in [0, 0.05) is 0 Å². The van der Waals surface area contributed by atoms with E-state index >= 15 is 0 Å². The van der Waals surface area contributed by atoms with Crippen molar-refractivity contribution in [3.05, 3.63) is 11.9 Å². The second-order valence-corrected chi connectivity index (χ2v) is 4.52. The van der Waals surface area contributed by atoms with E-state index in [1.165, 1.54) is 4.74 Å². The molecule has 0 radical (unpaired) electrons. The highest BCUT2D eigenvalue weighted by molar-refractivity contribution is 5.17. The van der Waals surface area contributed by atoms with Crippen LogP contribution in [0.5, 0.6) is 0 Å².